The fraction of sp³-hybridized carbons (Fsp3) is 0.739. The molecule has 5 nitrogen and oxygen atoms in total. The van der Waals surface area contributed by atoms with Crippen LogP contribution in [0.3, 0.4) is 0 Å². The first-order valence-corrected chi connectivity index (χ1v) is 10.8. The maximum Gasteiger partial charge on any atom is 0.225 e. The molecule has 2 heterocycles. The van der Waals surface area contributed by atoms with Crippen molar-refractivity contribution in [3.8, 4) is 5.88 Å². The number of ether oxygens (including phenoxy) is 1. The molecule has 0 unspecified atom stereocenters. The van der Waals surface area contributed by atoms with Crippen LogP contribution >= 0.6 is 0 Å². The van der Waals surface area contributed by atoms with Crippen LogP contribution in [-0.4, -0.2) is 45.7 Å². The average molecular weight is 387 g/mol. The average Bonchev–Trinajstić information content (AvgIpc) is 2.56. The Morgan fingerprint density at radius 1 is 1.25 bits per heavy atom. The van der Waals surface area contributed by atoms with Crippen molar-refractivity contribution >= 4 is 5.91 Å². The van der Waals surface area contributed by atoms with Crippen LogP contribution in [-0.2, 0) is 4.79 Å². The Labute approximate surface area is 168 Å². The lowest BCUT2D eigenvalue weighted by atomic mass is 9.64. The van der Waals surface area contributed by atoms with E-state index in [1.54, 1.807) is 0 Å². The number of aryl methyl sites for hydroxylation is 1. The molecule has 154 valence electrons. The van der Waals surface area contributed by atoms with Gasteiger partial charge in [0.25, 0.3) is 0 Å². The Kier molecular flexibility index (Phi) is 4.93. The highest BCUT2D eigenvalue weighted by Crippen LogP contribution is 2.49. The quantitative estimate of drug-likeness (QED) is 0.854. The molecule has 5 heteroatoms. The van der Waals surface area contributed by atoms with E-state index in [-0.39, 0.29) is 17.9 Å². The van der Waals surface area contributed by atoms with Gasteiger partial charge in [-0.2, -0.15) is 0 Å². The van der Waals surface area contributed by atoms with Gasteiger partial charge >= 0.3 is 0 Å². The van der Waals surface area contributed by atoms with Gasteiger partial charge in [-0.1, -0.05) is 0 Å². The lowest BCUT2D eigenvalue weighted by Gasteiger charge is -2.55. The standard InChI is InChI=1S/C23H34N2O3/c1-15(2)28-20-10-16(3)9-19(24-20)17-5-7-23(8-6-17)13-25(14-23)21(26)18-11-22(4,27)12-18/h9-10,15,17-18,27H,5-8,11-14H2,1-4H3/t18-,22+. The van der Waals surface area contributed by atoms with Crippen LogP contribution in [0.1, 0.15) is 76.5 Å². The molecule has 1 aliphatic heterocycles. The summed E-state index contributed by atoms with van der Waals surface area (Å²) in [6.45, 7) is 9.80. The van der Waals surface area contributed by atoms with Crippen LogP contribution in [0, 0.1) is 18.3 Å². The normalized spacial score (nSPS) is 29.5. The fourth-order valence-corrected chi connectivity index (χ4v) is 5.37. The summed E-state index contributed by atoms with van der Waals surface area (Å²) in [7, 11) is 0. The summed E-state index contributed by atoms with van der Waals surface area (Å²) >= 11 is 0. The van der Waals surface area contributed by atoms with E-state index in [9.17, 15) is 9.90 Å². The largest absolute Gasteiger partial charge is 0.475 e. The summed E-state index contributed by atoms with van der Waals surface area (Å²) < 4.78 is 5.82. The Morgan fingerprint density at radius 3 is 2.46 bits per heavy atom. The van der Waals surface area contributed by atoms with Crippen molar-refractivity contribution in [2.75, 3.05) is 13.1 Å². The monoisotopic (exact) mass is 386 g/mol. The Morgan fingerprint density at radius 2 is 1.89 bits per heavy atom. The molecule has 4 rings (SSSR count). The molecule has 3 aliphatic rings. The van der Waals surface area contributed by atoms with E-state index in [4.69, 9.17) is 9.72 Å². The van der Waals surface area contributed by atoms with Crippen LogP contribution in [0.25, 0.3) is 0 Å². The molecule has 1 saturated heterocycles. The molecular formula is C23H34N2O3. The maximum absolute atomic E-state index is 12.6. The van der Waals surface area contributed by atoms with E-state index in [0.29, 0.717) is 24.2 Å². The molecule has 2 aliphatic carbocycles. The SMILES string of the molecule is Cc1cc(OC(C)C)nc(C2CCC3(CC2)CN(C(=O)[C@H]2C[C@@](C)(O)C2)C3)c1. The second-order valence-electron chi connectivity index (χ2n) is 10.1. The number of aromatic nitrogens is 1. The Bertz CT molecular complexity index is 734. The topological polar surface area (TPSA) is 62.7 Å². The minimum Gasteiger partial charge on any atom is -0.475 e. The highest BCUT2D eigenvalue weighted by Gasteiger charge is 2.51. The van der Waals surface area contributed by atoms with Crippen molar-refractivity contribution in [2.45, 2.75) is 83.8 Å². The lowest BCUT2D eigenvalue weighted by Crippen LogP contribution is -2.62. The van der Waals surface area contributed by atoms with Gasteiger partial charge in [-0.25, -0.2) is 4.98 Å². The van der Waals surface area contributed by atoms with E-state index < -0.39 is 5.60 Å². The molecule has 0 bridgehead atoms. The number of carbonyl (C=O) groups is 1. The smallest absolute Gasteiger partial charge is 0.225 e. The van der Waals surface area contributed by atoms with E-state index in [2.05, 4.69) is 13.0 Å². The number of rotatable bonds is 4. The van der Waals surface area contributed by atoms with Crippen molar-refractivity contribution in [3.63, 3.8) is 0 Å². The van der Waals surface area contributed by atoms with Gasteiger partial charge in [-0.15, -0.1) is 0 Å². The van der Waals surface area contributed by atoms with E-state index in [1.807, 2.05) is 31.7 Å². The molecule has 28 heavy (non-hydrogen) atoms. The van der Waals surface area contributed by atoms with E-state index in [0.717, 1.165) is 37.5 Å². The summed E-state index contributed by atoms with van der Waals surface area (Å²) in [5, 5.41) is 9.89. The fourth-order valence-electron chi connectivity index (χ4n) is 5.37. The van der Waals surface area contributed by atoms with Crippen LogP contribution in [0.4, 0.5) is 0 Å². The summed E-state index contributed by atoms with van der Waals surface area (Å²) in [4.78, 5) is 19.4. The third-order valence-corrected chi connectivity index (χ3v) is 6.87. The van der Waals surface area contributed by atoms with Gasteiger partial charge in [0, 0.05) is 42.1 Å². The third-order valence-electron chi connectivity index (χ3n) is 6.87. The van der Waals surface area contributed by atoms with Crippen molar-refractivity contribution < 1.29 is 14.6 Å². The number of hydrogen-bond donors (Lipinski definition) is 1. The summed E-state index contributed by atoms with van der Waals surface area (Å²) in [5.41, 5.74) is 2.06. The van der Waals surface area contributed by atoms with Crippen LogP contribution in [0.2, 0.25) is 0 Å². The number of carbonyl (C=O) groups excluding carboxylic acids is 1. The molecule has 0 aromatic carbocycles. The molecule has 1 N–H and O–H groups in total. The second-order valence-corrected chi connectivity index (χ2v) is 10.1. The first-order chi connectivity index (χ1) is 13.1. The van der Waals surface area contributed by atoms with Crippen LogP contribution < -0.4 is 4.74 Å². The highest BCUT2D eigenvalue weighted by molar-refractivity contribution is 5.81. The maximum atomic E-state index is 12.6. The molecule has 1 spiro atoms. The zero-order valence-electron chi connectivity index (χ0n) is 17.7. The van der Waals surface area contributed by atoms with Crippen molar-refractivity contribution in [1.82, 2.24) is 9.88 Å². The number of amides is 1. The minimum atomic E-state index is -0.625. The van der Waals surface area contributed by atoms with Crippen LogP contribution in [0.15, 0.2) is 12.1 Å². The molecule has 2 saturated carbocycles. The molecular weight excluding hydrogens is 352 g/mol. The van der Waals surface area contributed by atoms with Crippen LogP contribution in [0.5, 0.6) is 5.88 Å². The Hall–Kier alpha value is -1.62. The number of pyridine rings is 1. The van der Waals surface area contributed by atoms with Gasteiger partial charge in [0.15, 0.2) is 0 Å². The first-order valence-electron chi connectivity index (χ1n) is 10.8. The number of nitrogens with zero attached hydrogens (tertiary/aromatic N) is 2. The molecule has 3 fully saturated rings. The second kappa shape index (κ2) is 7.01. The predicted molar refractivity (Wildman–Crippen MR) is 108 cm³/mol. The summed E-state index contributed by atoms with van der Waals surface area (Å²) in [6.07, 6.45) is 5.98. The molecule has 0 atom stereocenters. The van der Waals surface area contributed by atoms with Crippen molar-refractivity contribution in [2.24, 2.45) is 11.3 Å². The highest BCUT2D eigenvalue weighted by atomic mass is 16.5. The number of likely N-dealkylation sites (tertiary alicyclic amines) is 1. The van der Waals surface area contributed by atoms with Gasteiger partial charge in [-0.3, -0.25) is 4.79 Å². The zero-order valence-corrected chi connectivity index (χ0v) is 17.7. The Balaban J connectivity index is 1.31. The van der Waals surface area contributed by atoms with Crippen molar-refractivity contribution in [1.29, 1.82) is 0 Å². The molecule has 0 radical (unpaired) electrons. The third kappa shape index (κ3) is 3.91. The van der Waals surface area contributed by atoms with Gasteiger partial charge in [-0.05, 0) is 77.8 Å². The molecule has 1 aromatic heterocycles. The molecule has 1 aromatic rings. The predicted octanol–water partition coefficient (Wildman–Crippen LogP) is 3.82. The van der Waals surface area contributed by atoms with Gasteiger partial charge in [0.2, 0.25) is 11.8 Å². The molecule has 1 amide bonds. The van der Waals surface area contributed by atoms with E-state index in [1.165, 1.54) is 18.4 Å². The van der Waals surface area contributed by atoms with Gasteiger partial charge < -0.3 is 14.7 Å². The lowest BCUT2D eigenvalue weighted by molar-refractivity contribution is -0.163. The summed E-state index contributed by atoms with van der Waals surface area (Å²) in [6, 6.07) is 4.22. The number of aliphatic hydroxyl groups is 1. The minimum absolute atomic E-state index is 0.0413. The van der Waals surface area contributed by atoms with Gasteiger partial charge in [0.05, 0.1) is 11.7 Å². The number of hydrogen-bond acceptors (Lipinski definition) is 4. The van der Waals surface area contributed by atoms with E-state index >= 15 is 0 Å². The van der Waals surface area contributed by atoms with Crippen molar-refractivity contribution in [3.05, 3.63) is 23.4 Å². The zero-order chi connectivity index (χ0) is 20.1. The van der Waals surface area contributed by atoms with Gasteiger partial charge in [0.1, 0.15) is 0 Å². The summed E-state index contributed by atoms with van der Waals surface area (Å²) in [5.74, 6) is 1.53. The first kappa shape index (κ1) is 19.7.